The lowest BCUT2D eigenvalue weighted by molar-refractivity contribution is 0.317. The van der Waals surface area contributed by atoms with Crippen LogP contribution in [0.15, 0.2) is 4.99 Å². The Bertz CT molecular complexity index is 219. The fraction of sp³-hybridized carbons (Fsp3) is 0.917. The van der Waals surface area contributed by atoms with Gasteiger partial charge in [-0.25, -0.2) is 10.8 Å². The second-order valence-electron chi connectivity index (χ2n) is 5.06. The van der Waals surface area contributed by atoms with Gasteiger partial charge in [-0.2, -0.15) is 0 Å². The molecule has 0 aromatic heterocycles. The fourth-order valence-electron chi connectivity index (χ4n) is 2.32. The van der Waals surface area contributed by atoms with Crippen LogP contribution in [-0.4, -0.2) is 18.0 Å². The molecule has 1 unspecified atom stereocenters. The fourth-order valence-corrected chi connectivity index (χ4v) is 2.32. The third-order valence-corrected chi connectivity index (χ3v) is 3.23. The van der Waals surface area contributed by atoms with Gasteiger partial charge in [0.15, 0.2) is 0 Å². The van der Waals surface area contributed by atoms with E-state index in [1.54, 1.807) is 0 Å². The summed E-state index contributed by atoms with van der Waals surface area (Å²) in [7, 11) is 0. The zero-order valence-electron chi connectivity index (χ0n) is 10.8. The van der Waals surface area contributed by atoms with Gasteiger partial charge in [-0.05, 0) is 39.5 Å². The molecule has 0 aromatic carbocycles. The third-order valence-electron chi connectivity index (χ3n) is 3.23. The summed E-state index contributed by atoms with van der Waals surface area (Å²) in [5.74, 6) is 6.90. The SMILES string of the molecule is CC(C)NC(=NC(C)C1CCCCC1)NN. The first kappa shape index (κ1) is 13.3. The van der Waals surface area contributed by atoms with Crippen LogP contribution in [-0.2, 0) is 0 Å². The number of nitrogens with one attached hydrogen (secondary N) is 2. The quantitative estimate of drug-likeness (QED) is 0.297. The van der Waals surface area contributed by atoms with E-state index in [0.717, 1.165) is 5.92 Å². The minimum atomic E-state index is 0.355. The number of hydrazine groups is 1. The largest absolute Gasteiger partial charge is 0.353 e. The Hall–Kier alpha value is -0.770. The van der Waals surface area contributed by atoms with Gasteiger partial charge in [-0.3, -0.25) is 5.43 Å². The molecule has 1 fully saturated rings. The highest BCUT2D eigenvalue weighted by molar-refractivity contribution is 5.79. The van der Waals surface area contributed by atoms with E-state index in [0.29, 0.717) is 18.0 Å². The van der Waals surface area contributed by atoms with E-state index < -0.39 is 0 Å². The molecule has 0 spiro atoms. The molecule has 16 heavy (non-hydrogen) atoms. The van der Waals surface area contributed by atoms with Gasteiger partial charge in [-0.15, -0.1) is 0 Å². The van der Waals surface area contributed by atoms with Crippen LogP contribution in [0.3, 0.4) is 0 Å². The van der Waals surface area contributed by atoms with Crippen LogP contribution >= 0.6 is 0 Å². The molecule has 4 heteroatoms. The van der Waals surface area contributed by atoms with Crippen molar-refractivity contribution in [1.82, 2.24) is 10.7 Å². The second kappa shape index (κ2) is 6.74. The molecule has 0 amide bonds. The molecule has 0 heterocycles. The molecule has 1 rings (SSSR count). The van der Waals surface area contributed by atoms with Crippen LogP contribution in [0.5, 0.6) is 0 Å². The summed E-state index contributed by atoms with van der Waals surface area (Å²) in [5.41, 5.74) is 2.64. The van der Waals surface area contributed by atoms with E-state index >= 15 is 0 Å². The first-order valence-corrected chi connectivity index (χ1v) is 6.44. The predicted molar refractivity (Wildman–Crippen MR) is 69.1 cm³/mol. The average molecular weight is 226 g/mol. The minimum Gasteiger partial charge on any atom is -0.353 e. The Kier molecular flexibility index (Phi) is 5.60. The Morgan fingerprint density at radius 2 is 1.81 bits per heavy atom. The van der Waals surface area contributed by atoms with E-state index in [1.807, 2.05) is 0 Å². The van der Waals surface area contributed by atoms with Crippen LogP contribution in [0.4, 0.5) is 0 Å². The molecule has 0 aliphatic heterocycles. The molecule has 1 aliphatic carbocycles. The summed E-state index contributed by atoms with van der Waals surface area (Å²) >= 11 is 0. The number of hydrogen-bond acceptors (Lipinski definition) is 2. The van der Waals surface area contributed by atoms with Crippen molar-refractivity contribution in [2.45, 2.75) is 65.0 Å². The number of nitrogens with zero attached hydrogens (tertiary/aromatic N) is 1. The van der Waals surface area contributed by atoms with E-state index in [2.05, 4.69) is 36.5 Å². The number of rotatable bonds is 3. The zero-order valence-corrected chi connectivity index (χ0v) is 10.8. The van der Waals surface area contributed by atoms with Crippen molar-refractivity contribution >= 4 is 5.96 Å². The molecule has 0 saturated heterocycles. The van der Waals surface area contributed by atoms with E-state index in [-0.39, 0.29) is 0 Å². The number of guanidine groups is 1. The van der Waals surface area contributed by atoms with Crippen LogP contribution in [0, 0.1) is 5.92 Å². The van der Waals surface area contributed by atoms with Gasteiger partial charge >= 0.3 is 0 Å². The monoisotopic (exact) mass is 226 g/mol. The first-order chi connectivity index (χ1) is 7.63. The third kappa shape index (κ3) is 4.39. The Balaban J connectivity index is 2.50. The molecule has 0 aromatic rings. The van der Waals surface area contributed by atoms with Crippen molar-refractivity contribution in [2.24, 2.45) is 16.8 Å². The molecule has 4 N–H and O–H groups in total. The summed E-state index contributed by atoms with van der Waals surface area (Å²) in [6.45, 7) is 6.35. The van der Waals surface area contributed by atoms with E-state index in [1.165, 1.54) is 32.1 Å². The number of hydrogen-bond donors (Lipinski definition) is 3. The Labute approximate surface area is 99.1 Å². The maximum atomic E-state index is 5.46. The molecule has 1 saturated carbocycles. The van der Waals surface area contributed by atoms with Gasteiger partial charge in [0.05, 0.1) is 6.04 Å². The van der Waals surface area contributed by atoms with Gasteiger partial charge in [0.1, 0.15) is 0 Å². The van der Waals surface area contributed by atoms with Crippen molar-refractivity contribution in [2.75, 3.05) is 0 Å². The molecule has 4 nitrogen and oxygen atoms in total. The molecule has 1 aliphatic rings. The van der Waals surface area contributed by atoms with Crippen molar-refractivity contribution in [3.05, 3.63) is 0 Å². The van der Waals surface area contributed by atoms with E-state index in [4.69, 9.17) is 5.84 Å². The topological polar surface area (TPSA) is 62.4 Å². The predicted octanol–water partition coefficient (Wildman–Crippen LogP) is 1.77. The highest BCUT2D eigenvalue weighted by atomic mass is 15.3. The number of aliphatic imine (C=N–C) groups is 1. The van der Waals surface area contributed by atoms with Gasteiger partial charge in [0.2, 0.25) is 5.96 Å². The highest BCUT2D eigenvalue weighted by Crippen LogP contribution is 2.27. The van der Waals surface area contributed by atoms with Gasteiger partial charge in [0, 0.05) is 6.04 Å². The van der Waals surface area contributed by atoms with Crippen LogP contribution in [0.2, 0.25) is 0 Å². The summed E-state index contributed by atoms with van der Waals surface area (Å²) in [4.78, 5) is 4.63. The number of nitrogens with two attached hydrogens (primary N) is 1. The second-order valence-corrected chi connectivity index (χ2v) is 5.06. The molecule has 94 valence electrons. The summed E-state index contributed by atoms with van der Waals surface area (Å²) in [5, 5.41) is 3.21. The molecular weight excluding hydrogens is 200 g/mol. The van der Waals surface area contributed by atoms with Gasteiger partial charge < -0.3 is 5.32 Å². The molecule has 1 atom stereocenters. The maximum Gasteiger partial charge on any atom is 0.206 e. The maximum absolute atomic E-state index is 5.46. The summed E-state index contributed by atoms with van der Waals surface area (Å²) in [6.07, 6.45) is 6.72. The standard InChI is InChI=1S/C12H26N4/c1-9(2)14-12(16-13)15-10(3)11-7-5-4-6-8-11/h9-11H,4-8,13H2,1-3H3,(H2,14,15,16). The Morgan fingerprint density at radius 3 is 2.31 bits per heavy atom. The van der Waals surface area contributed by atoms with Gasteiger partial charge in [-0.1, -0.05) is 19.3 Å². The van der Waals surface area contributed by atoms with Crippen molar-refractivity contribution in [3.63, 3.8) is 0 Å². The lowest BCUT2D eigenvalue weighted by Crippen LogP contribution is -2.45. The minimum absolute atomic E-state index is 0.355. The zero-order chi connectivity index (χ0) is 12.0. The van der Waals surface area contributed by atoms with E-state index in [9.17, 15) is 0 Å². The van der Waals surface area contributed by atoms with Crippen LogP contribution < -0.4 is 16.6 Å². The summed E-state index contributed by atoms with van der Waals surface area (Å²) in [6, 6.07) is 0.714. The normalized spacial score (nSPS) is 20.9. The van der Waals surface area contributed by atoms with Crippen molar-refractivity contribution in [1.29, 1.82) is 0 Å². The summed E-state index contributed by atoms with van der Waals surface area (Å²) < 4.78 is 0. The van der Waals surface area contributed by atoms with Crippen LogP contribution in [0.1, 0.15) is 52.9 Å². The van der Waals surface area contributed by atoms with Crippen molar-refractivity contribution in [3.8, 4) is 0 Å². The lowest BCUT2D eigenvalue weighted by Gasteiger charge is -2.26. The lowest BCUT2D eigenvalue weighted by atomic mass is 9.85. The average Bonchev–Trinajstić information content (AvgIpc) is 2.28. The highest BCUT2D eigenvalue weighted by Gasteiger charge is 2.19. The van der Waals surface area contributed by atoms with Crippen LogP contribution in [0.25, 0.3) is 0 Å². The first-order valence-electron chi connectivity index (χ1n) is 6.44. The molecular formula is C12H26N4. The Morgan fingerprint density at radius 1 is 1.19 bits per heavy atom. The smallest absolute Gasteiger partial charge is 0.206 e. The van der Waals surface area contributed by atoms with Crippen molar-refractivity contribution < 1.29 is 0 Å². The molecule has 0 radical (unpaired) electrons. The van der Waals surface area contributed by atoms with Gasteiger partial charge in [0.25, 0.3) is 0 Å². The molecule has 0 bridgehead atoms.